The van der Waals surface area contributed by atoms with Crippen LogP contribution in [0.2, 0.25) is 0 Å². The Balaban J connectivity index is 2.88. The molecule has 0 bridgehead atoms. The Kier molecular flexibility index (Phi) is 2.25. The van der Waals surface area contributed by atoms with Crippen molar-refractivity contribution in [3.8, 4) is 5.75 Å². The van der Waals surface area contributed by atoms with Crippen molar-refractivity contribution in [1.82, 2.24) is 0 Å². The molecule has 0 saturated heterocycles. The molecule has 2 aromatic rings. The minimum atomic E-state index is 0.223. The van der Waals surface area contributed by atoms with Gasteiger partial charge in [-0.1, -0.05) is 6.92 Å². The van der Waals surface area contributed by atoms with Gasteiger partial charge in [0.25, 0.3) is 0 Å². The van der Waals surface area contributed by atoms with E-state index < -0.39 is 0 Å². The van der Waals surface area contributed by atoms with Gasteiger partial charge in [-0.05, 0) is 23.9 Å². The first-order valence-corrected chi connectivity index (χ1v) is 5.33. The molecule has 2 rings (SSSR count). The van der Waals surface area contributed by atoms with E-state index in [-0.39, 0.29) is 5.75 Å². The number of fused-ring (bicyclic) bond motifs is 1. The minimum absolute atomic E-state index is 0.223. The number of aldehydes is 1. The van der Waals surface area contributed by atoms with Crippen LogP contribution in [0.5, 0.6) is 5.75 Å². The van der Waals surface area contributed by atoms with E-state index in [1.807, 2.05) is 18.4 Å². The smallest absolute Gasteiger partial charge is 0.151 e. The maximum atomic E-state index is 10.8. The van der Waals surface area contributed by atoms with Gasteiger partial charge in [0.2, 0.25) is 0 Å². The van der Waals surface area contributed by atoms with E-state index in [1.54, 1.807) is 6.07 Å². The van der Waals surface area contributed by atoms with Crippen LogP contribution in [0.25, 0.3) is 10.1 Å². The summed E-state index contributed by atoms with van der Waals surface area (Å²) in [5.74, 6) is 0.223. The second kappa shape index (κ2) is 3.42. The third-order valence-electron chi connectivity index (χ3n) is 2.33. The van der Waals surface area contributed by atoms with Gasteiger partial charge < -0.3 is 5.11 Å². The Hall–Kier alpha value is -1.35. The normalized spacial score (nSPS) is 10.6. The van der Waals surface area contributed by atoms with Crippen LogP contribution in [-0.2, 0) is 6.42 Å². The highest BCUT2D eigenvalue weighted by atomic mass is 32.1. The molecule has 0 fully saturated rings. The number of carbonyl (C=O) groups excluding carboxylic acids is 1. The molecule has 0 atom stereocenters. The molecule has 2 nitrogen and oxygen atoms in total. The zero-order valence-electron chi connectivity index (χ0n) is 7.78. The lowest BCUT2D eigenvalue weighted by molar-refractivity contribution is 0.112. The number of hydrogen-bond acceptors (Lipinski definition) is 3. The molecule has 0 amide bonds. The van der Waals surface area contributed by atoms with Crippen molar-refractivity contribution >= 4 is 27.7 Å². The van der Waals surface area contributed by atoms with E-state index in [0.29, 0.717) is 5.56 Å². The molecule has 14 heavy (non-hydrogen) atoms. The van der Waals surface area contributed by atoms with Crippen LogP contribution in [0.3, 0.4) is 0 Å². The van der Waals surface area contributed by atoms with E-state index in [4.69, 9.17) is 0 Å². The van der Waals surface area contributed by atoms with Crippen molar-refractivity contribution in [2.45, 2.75) is 13.3 Å². The van der Waals surface area contributed by atoms with Crippen LogP contribution in [0, 0.1) is 0 Å². The van der Waals surface area contributed by atoms with Crippen molar-refractivity contribution < 1.29 is 9.90 Å². The van der Waals surface area contributed by atoms with Crippen LogP contribution < -0.4 is 0 Å². The van der Waals surface area contributed by atoms with Gasteiger partial charge in [-0.25, -0.2) is 0 Å². The topological polar surface area (TPSA) is 37.3 Å². The largest absolute Gasteiger partial charge is 0.508 e. The Morgan fingerprint density at radius 2 is 2.36 bits per heavy atom. The molecule has 0 aliphatic rings. The van der Waals surface area contributed by atoms with Crippen LogP contribution in [0.4, 0.5) is 0 Å². The van der Waals surface area contributed by atoms with Crippen molar-refractivity contribution in [3.63, 3.8) is 0 Å². The fraction of sp³-hybridized carbons (Fsp3) is 0.182. The Labute approximate surface area is 85.8 Å². The molecule has 1 aromatic heterocycles. The summed E-state index contributed by atoms with van der Waals surface area (Å²) in [6.45, 7) is 1.99. The second-order valence-electron chi connectivity index (χ2n) is 3.10. The molecule has 0 aliphatic carbocycles. The lowest BCUT2D eigenvalue weighted by atomic mass is 10.0. The number of rotatable bonds is 2. The number of phenolic OH excluding ortho intramolecular Hbond substituents is 1. The van der Waals surface area contributed by atoms with E-state index >= 15 is 0 Å². The summed E-state index contributed by atoms with van der Waals surface area (Å²) in [6, 6.07) is 3.50. The van der Waals surface area contributed by atoms with Crippen molar-refractivity contribution in [2.24, 2.45) is 0 Å². The summed E-state index contributed by atoms with van der Waals surface area (Å²) in [5, 5.41) is 12.6. The Morgan fingerprint density at radius 3 is 3.00 bits per heavy atom. The lowest BCUT2D eigenvalue weighted by Gasteiger charge is -2.04. The average Bonchev–Trinajstić information content (AvgIpc) is 2.65. The third-order valence-corrected chi connectivity index (χ3v) is 3.30. The number of aromatic hydroxyl groups is 1. The third kappa shape index (κ3) is 1.21. The Morgan fingerprint density at radius 1 is 1.57 bits per heavy atom. The zero-order valence-corrected chi connectivity index (χ0v) is 8.60. The minimum Gasteiger partial charge on any atom is -0.508 e. The molecule has 1 N–H and O–H groups in total. The maximum absolute atomic E-state index is 10.8. The highest BCUT2D eigenvalue weighted by Gasteiger charge is 2.10. The molecule has 0 spiro atoms. The molecule has 72 valence electrons. The van der Waals surface area contributed by atoms with E-state index in [9.17, 15) is 9.90 Å². The van der Waals surface area contributed by atoms with Gasteiger partial charge in [-0.3, -0.25) is 4.79 Å². The second-order valence-corrected chi connectivity index (χ2v) is 4.01. The van der Waals surface area contributed by atoms with Crippen molar-refractivity contribution in [1.29, 1.82) is 0 Å². The van der Waals surface area contributed by atoms with E-state index in [0.717, 1.165) is 28.4 Å². The van der Waals surface area contributed by atoms with E-state index in [1.165, 1.54) is 11.3 Å². The summed E-state index contributed by atoms with van der Waals surface area (Å²) >= 11 is 1.53. The highest BCUT2D eigenvalue weighted by molar-refractivity contribution is 7.17. The fourth-order valence-corrected chi connectivity index (χ4v) is 2.57. The molecule has 1 aromatic carbocycles. The molecule has 0 unspecified atom stereocenters. The molecular weight excluding hydrogens is 196 g/mol. The predicted molar refractivity (Wildman–Crippen MR) is 58.3 cm³/mol. The summed E-state index contributed by atoms with van der Waals surface area (Å²) < 4.78 is 0.967. The van der Waals surface area contributed by atoms with Crippen LogP contribution >= 0.6 is 11.3 Å². The monoisotopic (exact) mass is 206 g/mol. The SMILES string of the molecule is CCc1c(O)cc(C=O)c2sccc12. The van der Waals surface area contributed by atoms with Crippen molar-refractivity contribution in [2.75, 3.05) is 0 Å². The summed E-state index contributed by atoms with van der Waals surface area (Å²) in [7, 11) is 0. The van der Waals surface area contributed by atoms with Crippen LogP contribution in [-0.4, -0.2) is 11.4 Å². The number of carbonyl (C=O) groups is 1. The van der Waals surface area contributed by atoms with E-state index in [2.05, 4.69) is 0 Å². The van der Waals surface area contributed by atoms with Crippen molar-refractivity contribution in [3.05, 3.63) is 28.6 Å². The number of phenols is 1. The number of aryl methyl sites for hydroxylation is 1. The number of hydrogen-bond donors (Lipinski definition) is 1. The molecule has 1 heterocycles. The first-order valence-electron chi connectivity index (χ1n) is 4.45. The lowest BCUT2D eigenvalue weighted by Crippen LogP contribution is -1.87. The van der Waals surface area contributed by atoms with Gasteiger partial charge in [-0.2, -0.15) is 0 Å². The van der Waals surface area contributed by atoms with Gasteiger partial charge >= 0.3 is 0 Å². The standard InChI is InChI=1S/C11H10O2S/c1-2-8-9-3-4-14-11(9)7(6-12)5-10(8)13/h3-6,13H,2H2,1H3. The van der Waals surface area contributed by atoms with Crippen LogP contribution in [0.15, 0.2) is 17.5 Å². The maximum Gasteiger partial charge on any atom is 0.151 e. The zero-order chi connectivity index (χ0) is 10.1. The van der Waals surface area contributed by atoms with Gasteiger partial charge in [0.05, 0.1) is 0 Å². The molecular formula is C11H10O2S. The quantitative estimate of drug-likeness (QED) is 0.767. The fourth-order valence-electron chi connectivity index (χ4n) is 1.67. The number of thiophene rings is 1. The molecule has 0 saturated carbocycles. The molecule has 0 aliphatic heterocycles. The van der Waals surface area contributed by atoms with Gasteiger partial charge in [0, 0.05) is 21.2 Å². The van der Waals surface area contributed by atoms with Gasteiger partial charge in [-0.15, -0.1) is 11.3 Å². The average molecular weight is 206 g/mol. The summed E-state index contributed by atoms with van der Waals surface area (Å²) in [6.07, 6.45) is 1.57. The molecule has 3 heteroatoms. The molecule has 0 radical (unpaired) electrons. The van der Waals surface area contributed by atoms with Crippen LogP contribution in [0.1, 0.15) is 22.8 Å². The summed E-state index contributed by atoms with van der Waals surface area (Å²) in [5.41, 5.74) is 1.50. The Bertz CT molecular complexity index is 485. The predicted octanol–water partition coefficient (Wildman–Crippen LogP) is 2.98. The van der Waals surface area contributed by atoms with Gasteiger partial charge in [0.15, 0.2) is 6.29 Å². The number of benzene rings is 1. The first-order chi connectivity index (χ1) is 6.77. The first kappa shape index (κ1) is 9.21. The van der Waals surface area contributed by atoms with Gasteiger partial charge in [0.1, 0.15) is 5.75 Å². The summed E-state index contributed by atoms with van der Waals surface area (Å²) in [4.78, 5) is 10.8. The highest BCUT2D eigenvalue weighted by Crippen LogP contribution is 2.33.